The van der Waals surface area contributed by atoms with E-state index in [2.05, 4.69) is 0 Å². The van der Waals surface area contributed by atoms with Gasteiger partial charge in [0.25, 0.3) is 0 Å². The highest BCUT2D eigenvalue weighted by atomic mass is 32.2. The number of rotatable bonds is 6. The number of aliphatic hydroxyl groups is 1. The summed E-state index contributed by atoms with van der Waals surface area (Å²) >= 11 is 0. The second kappa shape index (κ2) is 6.55. The fourth-order valence-corrected chi connectivity index (χ4v) is 3.54. The third kappa shape index (κ3) is 3.50. The molecule has 0 aliphatic rings. The fourth-order valence-electron chi connectivity index (χ4n) is 1.78. The van der Waals surface area contributed by atoms with Crippen LogP contribution in [0.5, 0.6) is 0 Å². The van der Waals surface area contributed by atoms with Crippen LogP contribution in [0.25, 0.3) is 0 Å². The maximum absolute atomic E-state index is 13.6. The van der Waals surface area contributed by atoms with Crippen LogP contribution in [0, 0.1) is 17.5 Å². The van der Waals surface area contributed by atoms with Gasteiger partial charge in [0, 0.05) is 31.3 Å². The van der Waals surface area contributed by atoms with E-state index in [-0.39, 0.29) is 19.6 Å². The highest BCUT2D eigenvalue weighted by Crippen LogP contribution is 2.25. The molecular formula is C12H16F3NO3S. The van der Waals surface area contributed by atoms with Crippen LogP contribution < -0.4 is 0 Å². The van der Waals surface area contributed by atoms with E-state index < -0.39 is 38.4 Å². The molecule has 0 amide bonds. The van der Waals surface area contributed by atoms with E-state index in [4.69, 9.17) is 5.11 Å². The molecule has 0 bridgehead atoms. The van der Waals surface area contributed by atoms with Gasteiger partial charge in [-0.15, -0.1) is 0 Å². The summed E-state index contributed by atoms with van der Waals surface area (Å²) in [5.74, 6) is -4.14. The van der Waals surface area contributed by atoms with E-state index in [1.165, 1.54) is 13.8 Å². The van der Waals surface area contributed by atoms with Crippen molar-refractivity contribution in [3.8, 4) is 0 Å². The molecule has 8 heteroatoms. The number of benzene rings is 1. The summed E-state index contributed by atoms with van der Waals surface area (Å²) in [7, 11) is -4.45. The quantitative estimate of drug-likeness (QED) is 0.873. The van der Waals surface area contributed by atoms with E-state index >= 15 is 0 Å². The summed E-state index contributed by atoms with van der Waals surface area (Å²) in [5.41, 5.74) is 0. The third-order valence-electron chi connectivity index (χ3n) is 2.64. The minimum absolute atomic E-state index is 0.0905. The Morgan fingerprint density at radius 3 is 2.10 bits per heavy atom. The molecule has 0 saturated carbocycles. The monoisotopic (exact) mass is 311 g/mol. The lowest BCUT2D eigenvalue weighted by Crippen LogP contribution is -2.38. The number of sulfonamides is 1. The highest BCUT2D eigenvalue weighted by Gasteiger charge is 2.32. The van der Waals surface area contributed by atoms with Crippen LogP contribution in [0.3, 0.4) is 0 Å². The van der Waals surface area contributed by atoms with Gasteiger partial charge < -0.3 is 5.11 Å². The van der Waals surface area contributed by atoms with Crippen LogP contribution in [0.4, 0.5) is 13.2 Å². The first kappa shape index (κ1) is 16.9. The summed E-state index contributed by atoms with van der Waals surface area (Å²) in [5, 5.41) is 8.76. The normalized spacial score (nSPS) is 12.4. The molecule has 0 atom stereocenters. The Hall–Kier alpha value is -1.12. The first-order valence-electron chi connectivity index (χ1n) is 5.99. The Bertz CT molecular complexity index is 552. The molecule has 0 spiro atoms. The first-order valence-corrected chi connectivity index (χ1v) is 7.43. The van der Waals surface area contributed by atoms with Gasteiger partial charge in [-0.25, -0.2) is 21.6 Å². The van der Waals surface area contributed by atoms with Crippen LogP contribution in [0.15, 0.2) is 17.0 Å². The van der Waals surface area contributed by atoms with E-state index in [1.54, 1.807) is 0 Å². The van der Waals surface area contributed by atoms with Gasteiger partial charge in [-0.05, 0) is 20.3 Å². The number of hydrogen-bond donors (Lipinski definition) is 1. The van der Waals surface area contributed by atoms with Gasteiger partial charge in [-0.2, -0.15) is 4.31 Å². The minimum atomic E-state index is -4.45. The van der Waals surface area contributed by atoms with Crippen molar-refractivity contribution < 1.29 is 26.7 Å². The summed E-state index contributed by atoms with van der Waals surface area (Å²) in [6.07, 6.45) is 0.127. The molecule has 4 nitrogen and oxygen atoms in total. The van der Waals surface area contributed by atoms with E-state index in [1.807, 2.05) is 0 Å². The van der Waals surface area contributed by atoms with Crippen molar-refractivity contribution in [2.75, 3.05) is 13.2 Å². The molecule has 0 aliphatic carbocycles. The maximum Gasteiger partial charge on any atom is 0.249 e. The van der Waals surface area contributed by atoms with Crippen LogP contribution in [0.2, 0.25) is 0 Å². The number of nitrogens with zero attached hydrogens (tertiary/aromatic N) is 1. The van der Waals surface area contributed by atoms with E-state index in [0.717, 1.165) is 4.31 Å². The molecule has 114 valence electrons. The molecular weight excluding hydrogens is 295 g/mol. The molecule has 0 radical (unpaired) electrons. The molecule has 1 N–H and O–H groups in total. The SMILES string of the molecule is CC(C)N(CCCO)S(=O)(=O)c1c(F)cc(F)cc1F. The smallest absolute Gasteiger partial charge is 0.249 e. The predicted octanol–water partition coefficient (Wildman–Crippen LogP) is 1.89. The fraction of sp³-hybridized carbons (Fsp3) is 0.500. The van der Waals surface area contributed by atoms with Crippen molar-refractivity contribution in [1.82, 2.24) is 4.31 Å². The Kier molecular flexibility index (Phi) is 5.55. The molecule has 0 unspecified atom stereocenters. The lowest BCUT2D eigenvalue weighted by molar-refractivity contribution is 0.257. The molecule has 1 rings (SSSR count). The van der Waals surface area contributed by atoms with Crippen LogP contribution in [-0.4, -0.2) is 37.0 Å². The van der Waals surface area contributed by atoms with Gasteiger partial charge >= 0.3 is 0 Å². The summed E-state index contributed by atoms with van der Waals surface area (Å²) in [6.45, 7) is 2.72. The topological polar surface area (TPSA) is 57.6 Å². The number of halogens is 3. The zero-order valence-electron chi connectivity index (χ0n) is 11.1. The Balaban J connectivity index is 3.34. The van der Waals surface area contributed by atoms with Crippen LogP contribution >= 0.6 is 0 Å². The van der Waals surface area contributed by atoms with Crippen molar-refractivity contribution >= 4 is 10.0 Å². The predicted molar refractivity (Wildman–Crippen MR) is 67.0 cm³/mol. The standard InChI is InChI=1S/C12H16F3NO3S/c1-8(2)16(4-3-5-17)20(18,19)12-10(14)6-9(13)7-11(12)15/h6-8,17H,3-5H2,1-2H3. The summed E-state index contributed by atoms with van der Waals surface area (Å²) in [4.78, 5) is -1.18. The molecule has 0 heterocycles. The number of aliphatic hydroxyl groups excluding tert-OH is 1. The van der Waals surface area contributed by atoms with Gasteiger partial charge in [0.1, 0.15) is 17.5 Å². The van der Waals surface area contributed by atoms with Crippen molar-refractivity contribution in [3.63, 3.8) is 0 Å². The summed E-state index contributed by atoms with van der Waals surface area (Å²) < 4.78 is 65.5. The van der Waals surface area contributed by atoms with Crippen LogP contribution in [-0.2, 0) is 10.0 Å². The molecule has 1 aromatic carbocycles. The molecule has 0 aromatic heterocycles. The summed E-state index contributed by atoms with van der Waals surface area (Å²) in [6, 6.07) is 0.0801. The average molecular weight is 311 g/mol. The van der Waals surface area contributed by atoms with Crippen LogP contribution in [0.1, 0.15) is 20.3 Å². The largest absolute Gasteiger partial charge is 0.396 e. The number of hydrogen-bond acceptors (Lipinski definition) is 3. The second-order valence-corrected chi connectivity index (χ2v) is 6.31. The molecule has 0 aliphatic heterocycles. The molecule has 1 aromatic rings. The Labute approximate surface area is 115 Å². The zero-order chi connectivity index (χ0) is 15.5. The second-order valence-electron chi connectivity index (χ2n) is 4.49. The first-order chi connectivity index (χ1) is 9.21. The molecule has 0 fully saturated rings. The van der Waals surface area contributed by atoms with Crippen molar-refractivity contribution in [2.24, 2.45) is 0 Å². The highest BCUT2D eigenvalue weighted by molar-refractivity contribution is 7.89. The van der Waals surface area contributed by atoms with Gasteiger partial charge in [0.15, 0.2) is 4.90 Å². The van der Waals surface area contributed by atoms with Crippen molar-refractivity contribution in [3.05, 3.63) is 29.6 Å². The lowest BCUT2D eigenvalue weighted by Gasteiger charge is -2.26. The van der Waals surface area contributed by atoms with Gasteiger partial charge in [-0.3, -0.25) is 0 Å². The van der Waals surface area contributed by atoms with E-state index in [9.17, 15) is 21.6 Å². The minimum Gasteiger partial charge on any atom is -0.396 e. The van der Waals surface area contributed by atoms with Gasteiger partial charge in [0.05, 0.1) is 0 Å². The zero-order valence-corrected chi connectivity index (χ0v) is 11.9. The third-order valence-corrected chi connectivity index (χ3v) is 4.77. The van der Waals surface area contributed by atoms with Crippen molar-refractivity contribution in [1.29, 1.82) is 0 Å². The Morgan fingerprint density at radius 1 is 1.20 bits per heavy atom. The van der Waals surface area contributed by atoms with Gasteiger partial charge in [0.2, 0.25) is 10.0 Å². The average Bonchev–Trinajstić information content (AvgIpc) is 2.26. The molecule has 20 heavy (non-hydrogen) atoms. The van der Waals surface area contributed by atoms with E-state index in [0.29, 0.717) is 12.1 Å². The Morgan fingerprint density at radius 2 is 1.70 bits per heavy atom. The lowest BCUT2D eigenvalue weighted by atomic mass is 10.3. The maximum atomic E-state index is 13.6. The van der Waals surface area contributed by atoms with Crippen molar-refractivity contribution in [2.45, 2.75) is 31.2 Å². The molecule has 0 saturated heterocycles. The van der Waals surface area contributed by atoms with Gasteiger partial charge in [-0.1, -0.05) is 0 Å².